The molecule has 0 aliphatic carbocycles. The summed E-state index contributed by atoms with van der Waals surface area (Å²) in [7, 11) is 1.51. The Morgan fingerprint density at radius 2 is 2.03 bits per heavy atom. The molecule has 1 amide bonds. The molecule has 3 rings (SSSR count). The first-order valence-corrected chi connectivity index (χ1v) is 10.3. The summed E-state index contributed by atoms with van der Waals surface area (Å²) < 4.78 is 10.8. The number of amides is 1. The van der Waals surface area contributed by atoms with Gasteiger partial charge in [-0.1, -0.05) is 6.07 Å². The van der Waals surface area contributed by atoms with Gasteiger partial charge in [-0.3, -0.25) is 20.2 Å². The Labute approximate surface area is 187 Å². The topological polar surface area (TPSA) is 127 Å². The number of benzene rings is 2. The number of carbonyl (C=O) groups excluding carboxylic acids is 1. The lowest BCUT2D eigenvalue weighted by atomic mass is 10.1. The Bertz CT molecular complexity index is 1210. The van der Waals surface area contributed by atoms with Gasteiger partial charge >= 0.3 is 0 Å². The van der Waals surface area contributed by atoms with Crippen molar-refractivity contribution >= 4 is 34.1 Å². The largest absolute Gasteiger partial charge is 0.493 e. The fourth-order valence-corrected chi connectivity index (χ4v) is 3.46. The molecule has 3 aromatic rings. The fourth-order valence-electron chi connectivity index (χ4n) is 2.75. The minimum absolute atomic E-state index is 0.0211. The Balaban J connectivity index is 1.76. The van der Waals surface area contributed by atoms with Crippen LogP contribution in [0.25, 0.3) is 17.3 Å². The Morgan fingerprint density at radius 1 is 1.28 bits per heavy atom. The molecule has 0 bridgehead atoms. The monoisotopic (exact) mass is 450 g/mol. The van der Waals surface area contributed by atoms with Gasteiger partial charge in [-0.25, -0.2) is 4.98 Å². The maximum atomic E-state index is 12.6. The zero-order valence-corrected chi connectivity index (χ0v) is 18.0. The van der Waals surface area contributed by atoms with Crippen LogP contribution in [-0.2, 0) is 4.79 Å². The molecule has 0 aliphatic rings. The first-order valence-electron chi connectivity index (χ1n) is 9.39. The van der Waals surface area contributed by atoms with E-state index in [2.05, 4.69) is 10.3 Å². The van der Waals surface area contributed by atoms with Crippen molar-refractivity contribution in [1.82, 2.24) is 4.98 Å². The Morgan fingerprint density at radius 3 is 2.66 bits per heavy atom. The lowest BCUT2D eigenvalue weighted by Crippen LogP contribution is -2.13. The van der Waals surface area contributed by atoms with Crippen LogP contribution in [0.1, 0.15) is 12.5 Å². The molecule has 0 unspecified atom stereocenters. The van der Waals surface area contributed by atoms with Crippen LogP contribution in [0.3, 0.4) is 0 Å². The van der Waals surface area contributed by atoms with Gasteiger partial charge in [0.05, 0.1) is 24.3 Å². The van der Waals surface area contributed by atoms with E-state index < -0.39 is 10.8 Å². The molecule has 0 saturated carbocycles. The second kappa shape index (κ2) is 10.2. The van der Waals surface area contributed by atoms with Gasteiger partial charge in [-0.15, -0.1) is 11.3 Å². The van der Waals surface area contributed by atoms with Gasteiger partial charge in [-0.05, 0) is 42.8 Å². The van der Waals surface area contributed by atoms with E-state index in [1.807, 2.05) is 13.0 Å². The highest BCUT2D eigenvalue weighted by atomic mass is 32.1. The number of methoxy groups -OCH3 is 1. The van der Waals surface area contributed by atoms with Crippen LogP contribution in [0.5, 0.6) is 11.5 Å². The predicted molar refractivity (Wildman–Crippen MR) is 121 cm³/mol. The Kier molecular flexibility index (Phi) is 7.15. The van der Waals surface area contributed by atoms with Gasteiger partial charge in [0.2, 0.25) is 0 Å². The molecular weight excluding hydrogens is 432 g/mol. The van der Waals surface area contributed by atoms with E-state index in [0.29, 0.717) is 40.1 Å². The van der Waals surface area contributed by atoms with E-state index in [0.717, 1.165) is 0 Å². The smallest absolute Gasteiger partial charge is 0.269 e. The van der Waals surface area contributed by atoms with Gasteiger partial charge in [0.15, 0.2) is 16.6 Å². The molecular formula is C22H18N4O5S. The number of hydrogen-bond acceptors (Lipinski definition) is 8. The van der Waals surface area contributed by atoms with Crippen molar-refractivity contribution in [3.05, 3.63) is 69.1 Å². The van der Waals surface area contributed by atoms with Crippen LogP contribution in [-0.4, -0.2) is 29.5 Å². The van der Waals surface area contributed by atoms with Crippen molar-refractivity contribution in [1.29, 1.82) is 5.26 Å². The molecule has 0 fully saturated rings. The third kappa shape index (κ3) is 5.27. The molecule has 1 heterocycles. The van der Waals surface area contributed by atoms with Crippen LogP contribution >= 0.6 is 11.3 Å². The van der Waals surface area contributed by atoms with Crippen LogP contribution in [0.4, 0.5) is 10.8 Å². The lowest BCUT2D eigenvalue weighted by Gasteiger charge is -2.09. The molecule has 0 spiro atoms. The van der Waals surface area contributed by atoms with E-state index in [1.165, 1.54) is 36.7 Å². The van der Waals surface area contributed by atoms with E-state index in [-0.39, 0.29) is 11.3 Å². The highest BCUT2D eigenvalue weighted by Gasteiger charge is 2.14. The standard InChI is InChI=1S/C22H18N4O5S/c1-3-31-19-9-4-14(11-20(19)30-2)10-16(12-23)21(27)25-22-24-18(13-32-22)15-5-7-17(8-6-15)26(28)29/h4-11,13H,3H2,1-2H3,(H,24,25,27)/b16-10+. The molecule has 1 N–H and O–H groups in total. The van der Waals surface area contributed by atoms with E-state index in [9.17, 15) is 20.2 Å². The number of thiazole rings is 1. The summed E-state index contributed by atoms with van der Waals surface area (Å²) in [5.41, 5.74) is 1.70. The number of nitrogens with zero attached hydrogens (tertiary/aromatic N) is 3. The molecule has 2 aromatic carbocycles. The number of anilines is 1. The number of aromatic nitrogens is 1. The number of non-ortho nitro benzene ring substituents is 1. The summed E-state index contributed by atoms with van der Waals surface area (Å²) in [5, 5.41) is 24.8. The van der Waals surface area contributed by atoms with Gasteiger partial charge in [0, 0.05) is 23.1 Å². The number of nitro groups is 1. The number of hydrogen-bond donors (Lipinski definition) is 1. The van der Waals surface area contributed by atoms with Crippen LogP contribution in [0, 0.1) is 21.4 Å². The number of nitro benzene ring substituents is 1. The van der Waals surface area contributed by atoms with Crippen molar-refractivity contribution in [2.45, 2.75) is 6.92 Å². The highest BCUT2D eigenvalue weighted by molar-refractivity contribution is 7.14. The first kappa shape index (κ1) is 22.5. The molecule has 10 heteroatoms. The molecule has 0 atom stereocenters. The van der Waals surface area contributed by atoms with Gasteiger partial charge in [0.1, 0.15) is 11.6 Å². The van der Waals surface area contributed by atoms with Gasteiger partial charge < -0.3 is 9.47 Å². The zero-order valence-electron chi connectivity index (χ0n) is 17.2. The third-order valence-electron chi connectivity index (χ3n) is 4.26. The maximum absolute atomic E-state index is 12.6. The number of carbonyl (C=O) groups is 1. The second-order valence-electron chi connectivity index (χ2n) is 6.31. The van der Waals surface area contributed by atoms with Crippen LogP contribution in [0.15, 0.2) is 53.4 Å². The average Bonchev–Trinajstić information content (AvgIpc) is 3.26. The molecule has 0 radical (unpaired) electrons. The molecule has 9 nitrogen and oxygen atoms in total. The maximum Gasteiger partial charge on any atom is 0.269 e. The highest BCUT2D eigenvalue weighted by Crippen LogP contribution is 2.29. The number of rotatable bonds is 8. The summed E-state index contributed by atoms with van der Waals surface area (Å²) in [6, 6.07) is 12.9. The number of nitrogens with one attached hydrogen (secondary N) is 1. The molecule has 0 saturated heterocycles. The molecule has 162 valence electrons. The average molecular weight is 450 g/mol. The SMILES string of the molecule is CCOc1ccc(/C=C(\C#N)C(=O)Nc2nc(-c3ccc([N+](=O)[O-])cc3)cs2)cc1OC. The predicted octanol–water partition coefficient (Wildman–Crippen LogP) is 4.67. The fraction of sp³-hybridized carbons (Fsp3) is 0.136. The van der Waals surface area contributed by atoms with E-state index in [1.54, 1.807) is 35.7 Å². The minimum Gasteiger partial charge on any atom is -0.493 e. The zero-order chi connectivity index (χ0) is 23.1. The summed E-state index contributed by atoms with van der Waals surface area (Å²) in [5.74, 6) is 0.451. The first-order chi connectivity index (χ1) is 15.4. The minimum atomic E-state index is -0.607. The lowest BCUT2D eigenvalue weighted by molar-refractivity contribution is -0.384. The van der Waals surface area contributed by atoms with Crippen molar-refractivity contribution < 1.29 is 19.2 Å². The van der Waals surface area contributed by atoms with Gasteiger partial charge in [0.25, 0.3) is 11.6 Å². The van der Waals surface area contributed by atoms with Crippen molar-refractivity contribution in [3.63, 3.8) is 0 Å². The summed E-state index contributed by atoms with van der Waals surface area (Å²) in [4.78, 5) is 27.2. The van der Waals surface area contributed by atoms with E-state index in [4.69, 9.17) is 9.47 Å². The quantitative estimate of drug-likeness (QED) is 0.229. The number of nitriles is 1. The third-order valence-corrected chi connectivity index (χ3v) is 5.02. The molecule has 32 heavy (non-hydrogen) atoms. The normalized spacial score (nSPS) is 10.8. The second-order valence-corrected chi connectivity index (χ2v) is 7.17. The molecule has 0 aliphatic heterocycles. The van der Waals surface area contributed by atoms with E-state index >= 15 is 0 Å². The Hall–Kier alpha value is -4.23. The van der Waals surface area contributed by atoms with Crippen molar-refractivity contribution in [2.75, 3.05) is 19.0 Å². The summed E-state index contributed by atoms with van der Waals surface area (Å²) in [6.07, 6.45) is 1.44. The van der Waals surface area contributed by atoms with Gasteiger partial charge in [-0.2, -0.15) is 5.26 Å². The van der Waals surface area contributed by atoms with Crippen LogP contribution in [0.2, 0.25) is 0 Å². The van der Waals surface area contributed by atoms with Crippen molar-refractivity contribution in [2.24, 2.45) is 0 Å². The van der Waals surface area contributed by atoms with Crippen molar-refractivity contribution in [3.8, 4) is 28.8 Å². The molecule has 1 aromatic heterocycles. The summed E-state index contributed by atoms with van der Waals surface area (Å²) in [6.45, 7) is 2.34. The number of ether oxygens (including phenoxy) is 2. The summed E-state index contributed by atoms with van der Waals surface area (Å²) >= 11 is 1.18. The van der Waals surface area contributed by atoms with Crippen LogP contribution < -0.4 is 14.8 Å².